The third-order valence-electron chi connectivity index (χ3n) is 1.91. The minimum atomic E-state index is -0.00320. The maximum Gasteiger partial charge on any atom is 0.250 e. The molecule has 0 amide bonds. The van der Waals surface area contributed by atoms with Gasteiger partial charge < -0.3 is 15.0 Å². The smallest absolute Gasteiger partial charge is 0.250 e. The monoisotopic (exact) mass is 228 g/mol. The highest BCUT2D eigenvalue weighted by atomic mass is 32.2. The Morgan fingerprint density at radius 1 is 1.47 bits per heavy atom. The van der Waals surface area contributed by atoms with Crippen LogP contribution in [0.2, 0.25) is 0 Å². The molecule has 2 N–H and O–H groups in total. The van der Waals surface area contributed by atoms with Gasteiger partial charge in [0.2, 0.25) is 0 Å². The molecule has 0 radical (unpaired) electrons. The van der Waals surface area contributed by atoms with Crippen LogP contribution in [0.5, 0.6) is 0 Å². The van der Waals surface area contributed by atoms with Crippen molar-refractivity contribution in [2.45, 2.75) is 6.54 Å². The van der Waals surface area contributed by atoms with Gasteiger partial charge in [-0.3, -0.25) is 4.79 Å². The van der Waals surface area contributed by atoms with E-state index < -0.39 is 0 Å². The summed E-state index contributed by atoms with van der Waals surface area (Å²) in [4.78, 5) is 11.4. The fourth-order valence-electron chi connectivity index (χ4n) is 1.13. The van der Waals surface area contributed by atoms with Gasteiger partial charge in [0, 0.05) is 43.1 Å². The highest BCUT2D eigenvalue weighted by Crippen LogP contribution is 2.02. The second kappa shape index (κ2) is 6.53. The lowest BCUT2D eigenvalue weighted by Crippen LogP contribution is -2.20. The molecule has 1 heterocycles. The predicted molar refractivity (Wildman–Crippen MR) is 64.3 cm³/mol. The summed E-state index contributed by atoms with van der Waals surface area (Å²) in [6.07, 6.45) is 1.68. The Labute approximate surface area is 93.4 Å². The van der Waals surface area contributed by atoms with Crippen LogP contribution in [0.25, 0.3) is 0 Å². The van der Waals surface area contributed by atoms with Gasteiger partial charge >= 0.3 is 0 Å². The molecule has 0 bridgehead atoms. The number of hydrogen-bond donors (Lipinski definition) is 1. The quantitative estimate of drug-likeness (QED) is 0.732. The lowest BCUT2D eigenvalue weighted by Gasteiger charge is -2.05. The van der Waals surface area contributed by atoms with Crippen molar-refractivity contribution < 1.29 is 4.74 Å². The fraction of sp³-hybridized carbons (Fsp3) is 0.500. The van der Waals surface area contributed by atoms with Crippen molar-refractivity contribution in [1.82, 2.24) is 4.57 Å². The normalized spacial score (nSPS) is 10.5. The summed E-state index contributed by atoms with van der Waals surface area (Å²) in [5.41, 5.74) is 6.21. The third-order valence-corrected chi connectivity index (χ3v) is 2.84. The first-order chi connectivity index (χ1) is 7.24. The van der Waals surface area contributed by atoms with E-state index in [0.717, 1.165) is 18.1 Å². The van der Waals surface area contributed by atoms with Crippen LogP contribution in [0.3, 0.4) is 0 Å². The second-order valence-electron chi connectivity index (χ2n) is 3.10. The maximum absolute atomic E-state index is 11.4. The summed E-state index contributed by atoms with van der Waals surface area (Å²) >= 11 is 1.76. The van der Waals surface area contributed by atoms with Crippen molar-refractivity contribution in [2.75, 3.05) is 31.0 Å². The van der Waals surface area contributed by atoms with Crippen LogP contribution in [0.15, 0.2) is 23.1 Å². The summed E-state index contributed by atoms with van der Waals surface area (Å²) in [5.74, 6) is 1.85. The molecule has 0 aliphatic heterocycles. The molecule has 0 spiro atoms. The van der Waals surface area contributed by atoms with Crippen LogP contribution in [-0.2, 0) is 11.3 Å². The maximum atomic E-state index is 11.4. The van der Waals surface area contributed by atoms with E-state index in [9.17, 15) is 4.79 Å². The van der Waals surface area contributed by atoms with Crippen molar-refractivity contribution in [1.29, 1.82) is 0 Å². The van der Waals surface area contributed by atoms with Crippen LogP contribution in [0, 0.1) is 0 Å². The van der Waals surface area contributed by atoms with Gasteiger partial charge in [0.15, 0.2) is 0 Å². The second-order valence-corrected chi connectivity index (χ2v) is 4.32. The number of thioether (sulfide) groups is 1. The lowest BCUT2D eigenvalue weighted by atomic mass is 10.4. The van der Waals surface area contributed by atoms with Crippen LogP contribution in [0.4, 0.5) is 5.69 Å². The van der Waals surface area contributed by atoms with Gasteiger partial charge in [0.25, 0.3) is 5.56 Å². The molecule has 84 valence electrons. The van der Waals surface area contributed by atoms with Gasteiger partial charge in [-0.05, 0) is 6.07 Å². The van der Waals surface area contributed by atoms with E-state index in [2.05, 4.69) is 0 Å². The summed E-state index contributed by atoms with van der Waals surface area (Å²) in [6.45, 7) is 1.44. The van der Waals surface area contributed by atoms with Crippen LogP contribution >= 0.6 is 11.8 Å². The molecule has 0 fully saturated rings. The highest BCUT2D eigenvalue weighted by molar-refractivity contribution is 7.99. The molecule has 0 saturated heterocycles. The zero-order chi connectivity index (χ0) is 11.1. The molecule has 1 aromatic heterocycles. The highest BCUT2D eigenvalue weighted by Gasteiger charge is 1.96. The number of hydrogen-bond acceptors (Lipinski definition) is 4. The molecule has 0 unspecified atom stereocenters. The number of rotatable bonds is 6. The van der Waals surface area contributed by atoms with Gasteiger partial charge in [-0.25, -0.2) is 0 Å². The van der Waals surface area contributed by atoms with Crippen LogP contribution in [0.1, 0.15) is 0 Å². The summed E-state index contributed by atoms with van der Waals surface area (Å²) in [5, 5.41) is 0. The molecule has 0 aromatic carbocycles. The molecule has 0 aliphatic carbocycles. The Morgan fingerprint density at radius 2 is 2.27 bits per heavy atom. The number of aryl methyl sites for hydroxylation is 1. The Morgan fingerprint density at radius 3 is 3.00 bits per heavy atom. The number of anilines is 1. The average molecular weight is 228 g/mol. The van der Waals surface area contributed by atoms with Crippen molar-refractivity contribution in [2.24, 2.45) is 0 Å². The first-order valence-corrected chi connectivity index (χ1v) is 5.92. The first kappa shape index (κ1) is 12.1. The topological polar surface area (TPSA) is 57.2 Å². The molecular weight excluding hydrogens is 212 g/mol. The number of aromatic nitrogens is 1. The van der Waals surface area contributed by atoms with Gasteiger partial charge in [-0.1, -0.05) is 0 Å². The molecule has 5 heteroatoms. The predicted octanol–water partition coefficient (Wildman–Crippen LogP) is 0.810. The number of nitrogens with zero attached hydrogens (tertiary/aromatic N) is 1. The molecular formula is C10H16N2O2S. The number of methoxy groups -OCH3 is 1. The Bertz CT molecular complexity index is 352. The van der Waals surface area contributed by atoms with Crippen molar-refractivity contribution >= 4 is 17.4 Å². The number of nitrogen functional groups attached to an aromatic ring is 1. The van der Waals surface area contributed by atoms with Crippen molar-refractivity contribution in [3.63, 3.8) is 0 Å². The summed E-state index contributed by atoms with van der Waals surface area (Å²) < 4.78 is 6.56. The third kappa shape index (κ3) is 4.40. The van der Waals surface area contributed by atoms with Crippen molar-refractivity contribution in [3.05, 3.63) is 28.7 Å². The standard InChI is InChI=1S/C10H16N2O2S/c1-14-5-7-15-6-4-12-8-9(11)2-3-10(12)13/h2-3,8H,4-7,11H2,1H3. The molecule has 0 atom stereocenters. The molecule has 1 rings (SSSR count). The van der Waals surface area contributed by atoms with E-state index in [-0.39, 0.29) is 5.56 Å². The van der Waals surface area contributed by atoms with Crippen molar-refractivity contribution in [3.8, 4) is 0 Å². The first-order valence-electron chi connectivity index (χ1n) is 4.76. The largest absolute Gasteiger partial charge is 0.398 e. The van der Waals surface area contributed by atoms with E-state index in [1.54, 1.807) is 35.7 Å². The zero-order valence-electron chi connectivity index (χ0n) is 8.81. The van der Waals surface area contributed by atoms with Gasteiger partial charge in [0.1, 0.15) is 0 Å². The minimum absolute atomic E-state index is 0.00320. The summed E-state index contributed by atoms with van der Waals surface area (Å²) in [7, 11) is 1.68. The number of nitrogens with two attached hydrogens (primary N) is 1. The van der Waals surface area contributed by atoms with Gasteiger partial charge in [-0.15, -0.1) is 0 Å². The van der Waals surface area contributed by atoms with Gasteiger partial charge in [-0.2, -0.15) is 11.8 Å². The fourth-order valence-corrected chi connectivity index (χ4v) is 1.95. The zero-order valence-corrected chi connectivity index (χ0v) is 9.63. The Balaban J connectivity index is 2.37. The molecule has 0 saturated carbocycles. The minimum Gasteiger partial charge on any atom is -0.398 e. The number of ether oxygens (including phenoxy) is 1. The van der Waals surface area contributed by atoms with Crippen LogP contribution < -0.4 is 11.3 Å². The summed E-state index contributed by atoms with van der Waals surface area (Å²) in [6, 6.07) is 3.12. The Hall–Kier alpha value is -0.940. The Kier molecular flexibility index (Phi) is 5.28. The molecule has 0 aliphatic rings. The average Bonchev–Trinajstić information content (AvgIpc) is 2.23. The SMILES string of the molecule is COCCSCCn1cc(N)ccc1=O. The van der Waals surface area contributed by atoms with E-state index in [0.29, 0.717) is 12.2 Å². The van der Waals surface area contributed by atoms with E-state index >= 15 is 0 Å². The van der Waals surface area contributed by atoms with E-state index in [1.165, 1.54) is 6.07 Å². The van der Waals surface area contributed by atoms with Gasteiger partial charge in [0.05, 0.1) is 6.61 Å². The van der Waals surface area contributed by atoms with E-state index in [4.69, 9.17) is 10.5 Å². The molecule has 1 aromatic rings. The number of pyridine rings is 1. The van der Waals surface area contributed by atoms with E-state index in [1.807, 2.05) is 0 Å². The lowest BCUT2D eigenvalue weighted by molar-refractivity contribution is 0.218. The molecule has 15 heavy (non-hydrogen) atoms. The van der Waals surface area contributed by atoms with Crippen LogP contribution in [-0.4, -0.2) is 29.8 Å². The molecule has 4 nitrogen and oxygen atoms in total.